The molecule has 2 aromatic carbocycles. The summed E-state index contributed by atoms with van der Waals surface area (Å²) in [6, 6.07) is 18.4. The third-order valence-electron chi connectivity index (χ3n) is 8.06. The van der Waals surface area contributed by atoms with Crippen molar-refractivity contribution in [1.82, 2.24) is 0 Å². The fourth-order valence-electron chi connectivity index (χ4n) is 5.03. The van der Waals surface area contributed by atoms with Crippen LogP contribution in [0.3, 0.4) is 0 Å². The van der Waals surface area contributed by atoms with Gasteiger partial charge in [0.2, 0.25) is 0 Å². The number of ether oxygens (including phenoxy) is 5. The van der Waals surface area contributed by atoms with Crippen LogP contribution in [0.4, 0.5) is 8.78 Å². The van der Waals surface area contributed by atoms with Crippen LogP contribution in [0.1, 0.15) is 59.1 Å². The summed E-state index contributed by atoms with van der Waals surface area (Å²) in [5, 5.41) is 13.9. The average molecular weight is 648 g/mol. The molecule has 1 N–H and O–H groups in total. The number of alkyl halides is 2. The molecule has 10 nitrogen and oxygen atoms in total. The van der Waals surface area contributed by atoms with Crippen LogP contribution in [-0.4, -0.2) is 67.0 Å². The van der Waals surface area contributed by atoms with Gasteiger partial charge in [-0.1, -0.05) is 86.5 Å². The van der Waals surface area contributed by atoms with Crippen LogP contribution in [0.2, 0.25) is 0 Å². The second kappa shape index (κ2) is 17.7. The maximum absolute atomic E-state index is 14.4. The van der Waals surface area contributed by atoms with Gasteiger partial charge in [0.05, 0.1) is 30.8 Å². The SMILES string of the molecule is CCC1O[C@@H](OCc2ccccc2)C(N=[N+]=[N-])[C@@H](C)[C@@H]1F.C[C@@H]1C(O)[C@H](OCc2ccccc2)OC(COC(=O)C(C)(C)C)[C@H]1F. The van der Waals surface area contributed by atoms with Crippen LogP contribution in [0.25, 0.3) is 10.4 Å². The summed E-state index contributed by atoms with van der Waals surface area (Å²) >= 11 is 0. The van der Waals surface area contributed by atoms with Crippen molar-refractivity contribution in [3.63, 3.8) is 0 Å². The molecular weight excluding hydrogens is 600 g/mol. The van der Waals surface area contributed by atoms with Crippen LogP contribution < -0.4 is 0 Å². The van der Waals surface area contributed by atoms with E-state index in [9.17, 15) is 18.7 Å². The number of nitrogens with zero attached hydrogens (tertiary/aromatic N) is 3. The molecule has 0 bridgehead atoms. The fraction of sp³-hybridized carbons (Fsp3) is 0.618. The smallest absolute Gasteiger partial charge is 0.311 e. The van der Waals surface area contributed by atoms with E-state index in [0.717, 1.165) is 11.1 Å². The van der Waals surface area contributed by atoms with Crippen molar-refractivity contribution in [3.8, 4) is 0 Å². The molecule has 0 aliphatic carbocycles. The van der Waals surface area contributed by atoms with Crippen molar-refractivity contribution in [1.29, 1.82) is 0 Å². The zero-order chi connectivity index (χ0) is 33.9. The zero-order valence-electron chi connectivity index (χ0n) is 27.4. The lowest BCUT2D eigenvalue weighted by molar-refractivity contribution is -0.282. The maximum atomic E-state index is 14.4. The van der Waals surface area contributed by atoms with E-state index in [2.05, 4.69) is 10.0 Å². The molecule has 0 amide bonds. The Bertz CT molecular complexity index is 1250. The largest absolute Gasteiger partial charge is 0.462 e. The summed E-state index contributed by atoms with van der Waals surface area (Å²) in [5.41, 5.74) is 9.91. The number of aliphatic hydroxyl groups excluding tert-OH is 1. The second-order valence-electron chi connectivity index (χ2n) is 12.7. The first-order valence-electron chi connectivity index (χ1n) is 15.7. The normalized spacial score (nSPS) is 31.2. The van der Waals surface area contributed by atoms with Gasteiger partial charge in [-0.15, -0.1) is 0 Å². The quantitative estimate of drug-likeness (QED) is 0.129. The summed E-state index contributed by atoms with van der Waals surface area (Å²) in [5.74, 6) is -1.54. The minimum Gasteiger partial charge on any atom is -0.462 e. The first-order chi connectivity index (χ1) is 21.9. The van der Waals surface area contributed by atoms with Gasteiger partial charge in [-0.3, -0.25) is 4.79 Å². The molecule has 0 saturated carbocycles. The number of rotatable bonds is 10. The lowest BCUT2D eigenvalue weighted by atomic mass is 9.89. The molecule has 254 valence electrons. The third-order valence-corrected chi connectivity index (χ3v) is 8.06. The molecule has 0 aromatic heterocycles. The molecule has 2 aromatic rings. The highest BCUT2D eigenvalue weighted by atomic mass is 19.1. The van der Waals surface area contributed by atoms with Crippen molar-refractivity contribution >= 4 is 5.97 Å². The van der Waals surface area contributed by atoms with Gasteiger partial charge in [-0.2, -0.15) is 0 Å². The molecule has 2 saturated heterocycles. The molecule has 2 heterocycles. The van der Waals surface area contributed by atoms with Crippen molar-refractivity contribution < 1.29 is 42.4 Å². The van der Waals surface area contributed by atoms with Crippen LogP contribution in [0, 0.1) is 17.3 Å². The Kier molecular flexibility index (Phi) is 14.4. The maximum Gasteiger partial charge on any atom is 0.311 e. The van der Waals surface area contributed by atoms with Crippen LogP contribution >= 0.6 is 0 Å². The highest BCUT2D eigenvalue weighted by Gasteiger charge is 2.45. The predicted octanol–water partition coefficient (Wildman–Crippen LogP) is 6.84. The Hall–Kier alpha value is -3.12. The van der Waals surface area contributed by atoms with E-state index in [1.54, 1.807) is 34.6 Å². The van der Waals surface area contributed by atoms with E-state index in [4.69, 9.17) is 29.2 Å². The van der Waals surface area contributed by atoms with Crippen molar-refractivity contribution in [2.45, 2.75) is 110 Å². The number of aliphatic hydroxyl groups is 1. The van der Waals surface area contributed by atoms with Gasteiger partial charge >= 0.3 is 5.97 Å². The molecule has 46 heavy (non-hydrogen) atoms. The Balaban J connectivity index is 0.000000254. The van der Waals surface area contributed by atoms with E-state index < -0.39 is 72.5 Å². The zero-order valence-corrected chi connectivity index (χ0v) is 27.4. The molecule has 4 unspecified atom stereocenters. The molecule has 12 heteroatoms. The minimum absolute atomic E-state index is 0.209. The average Bonchev–Trinajstić information content (AvgIpc) is 3.05. The van der Waals surface area contributed by atoms with Gasteiger partial charge in [-0.25, -0.2) is 8.78 Å². The van der Waals surface area contributed by atoms with Gasteiger partial charge in [0, 0.05) is 16.7 Å². The topological polar surface area (TPSA) is 132 Å². The van der Waals surface area contributed by atoms with Gasteiger partial charge in [0.15, 0.2) is 12.6 Å². The summed E-state index contributed by atoms with van der Waals surface area (Å²) in [6.45, 7) is 10.7. The van der Waals surface area contributed by atoms with Gasteiger partial charge in [-0.05, 0) is 43.9 Å². The number of halogens is 2. The second-order valence-corrected chi connectivity index (χ2v) is 12.7. The van der Waals surface area contributed by atoms with Crippen LogP contribution in [0.5, 0.6) is 0 Å². The summed E-state index contributed by atoms with van der Waals surface area (Å²) in [7, 11) is 0. The number of esters is 1. The van der Waals surface area contributed by atoms with E-state index in [1.807, 2.05) is 67.6 Å². The van der Waals surface area contributed by atoms with Crippen molar-refractivity contribution in [3.05, 3.63) is 82.2 Å². The van der Waals surface area contributed by atoms with Crippen LogP contribution in [-0.2, 0) is 41.7 Å². The number of hydrogen-bond acceptors (Lipinski definition) is 8. The van der Waals surface area contributed by atoms with E-state index in [-0.39, 0.29) is 13.2 Å². The van der Waals surface area contributed by atoms with Crippen molar-refractivity contribution in [2.24, 2.45) is 22.4 Å². The molecule has 2 aliphatic heterocycles. The Morgan fingerprint density at radius 2 is 1.39 bits per heavy atom. The van der Waals surface area contributed by atoms with Gasteiger partial charge in [0.1, 0.15) is 31.2 Å². The van der Waals surface area contributed by atoms with Crippen molar-refractivity contribution in [2.75, 3.05) is 6.61 Å². The number of azide groups is 1. The molecule has 0 radical (unpaired) electrons. The fourth-order valence-corrected chi connectivity index (χ4v) is 5.03. The minimum atomic E-state index is -1.45. The van der Waals surface area contributed by atoms with Crippen LogP contribution in [0.15, 0.2) is 65.8 Å². The van der Waals surface area contributed by atoms with E-state index in [1.165, 1.54) is 0 Å². The Labute approximate surface area is 269 Å². The first-order valence-corrected chi connectivity index (χ1v) is 15.7. The molecule has 4 rings (SSSR count). The van der Waals surface area contributed by atoms with E-state index in [0.29, 0.717) is 13.0 Å². The number of carbonyl (C=O) groups excluding carboxylic acids is 1. The third kappa shape index (κ3) is 10.4. The number of hydrogen-bond donors (Lipinski definition) is 1. The van der Waals surface area contributed by atoms with Gasteiger partial charge in [0.25, 0.3) is 0 Å². The Morgan fingerprint density at radius 1 is 0.891 bits per heavy atom. The van der Waals surface area contributed by atoms with Gasteiger partial charge < -0.3 is 28.8 Å². The highest BCUT2D eigenvalue weighted by molar-refractivity contribution is 5.75. The lowest BCUT2D eigenvalue weighted by Crippen LogP contribution is -2.54. The summed E-state index contributed by atoms with van der Waals surface area (Å²) in [6.07, 6.45) is -6.31. The predicted molar refractivity (Wildman–Crippen MR) is 168 cm³/mol. The molecular formula is C34H47F2N3O7. The standard InChI is InChI=1S/C19H27FO5.C15H20FN3O2/c1-12-15(20)14(11-24-18(22)19(2,3)4)25-17(16(12)21)23-10-13-8-6-5-7-9-13;1-3-12-13(16)10(2)14(18-19-17)15(21-12)20-9-11-7-5-4-6-8-11/h5-9,12,14-17,21H,10-11H2,1-4H3;4-8,10,12-15H,3,9H2,1-2H3/t12-,14?,15-,16?,17+;10-,12?,13-,14?,15+/m00/s1. The molecule has 0 spiro atoms. The lowest BCUT2D eigenvalue weighted by Gasteiger charge is -2.40. The number of benzene rings is 2. The highest BCUT2D eigenvalue weighted by Crippen LogP contribution is 2.33. The Morgan fingerprint density at radius 3 is 1.89 bits per heavy atom. The monoisotopic (exact) mass is 647 g/mol. The number of carbonyl (C=O) groups is 1. The molecule has 2 aliphatic rings. The molecule has 2 fully saturated rings. The molecule has 10 atom stereocenters. The van der Waals surface area contributed by atoms with E-state index >= 15 is 0 Å². The summed E-state index contributed by atoms with van der Waals surface area (Å²) in [4.78, 5) is 14.7. The summed E-state index contributed by atoms with van der Waals surface area (Å²) < 4.78 is 56.3. The first kappa shape index (κ1) is 37.3.